The van der Waals surface area contributed by atoms with Crippen LogP contribution in [0.4, 0.5) is 17.1 Å². The van der Waals surface area contributed by atoms with Crippen molar-refractivity contribution in [2.24, 2.45) is 10.2 Å². The van der Waals surface area contributed by atoms with E-state index in [1.165, 1.54) is 19.2 Å². The van der Waals surface area contributed by atoms with Crippen molar-refractivity contribution in [2.45, 2.75) is 0 Å². The Hall–Kier alpha value is -2.45. The van der Waals surface area contributed by atoms with Gasteiger partial charge in [-0.15, -0.1) is 5.11 Å². The monoisotopic (exact) mass is 307 g/mol. The Morgan fingerprint density at radius 3 is 2.71 bits per heavy atom. The second-order valence-electron chi connectivity index (χ2n) is 3.93. The topological polar surface area (TPSA) is 107 Å². The minimum absolute atomic E-state index is 0.219. The van der Waals surface area contributed by atoms with Gasteiger partial charge in [-0.2, -0.15) is 9.32 Å². The first-order valence-corrected chi connectivity index (χ1v) is 6.86. The van der Waals surface area contributed by atoms with E-state index in [0.717, 1.165) is 0 Å². The number of nitrogens with zero attached hydrogens (tertiary/aromatic N) is 2. The first-order chi connectivity index (χ1) is 10.1. The smallest absolute Gasteiger partial charge is 0.357 e. The molecule has 0 aliphatic heterocycles. The lowest BCUT2D eigenvalue weighted by molar-refractivity contribution is 0.416. The lowest BCUT2D eigenvalue weighted by Gasteiger charge is -2.04. The fraction of sp³-hybridized carbons (Fsp3) is 0.0769. The van der Waals surface area contributed by atoms with Crippen LogP contribution in [-0.2, 0) is 11.4 Å². The molecule has 21 heavy (non-hydrogen) atoms. The number of anilines is 1. The predicted octanol–water partition coefficient (Wildman–Crippen LogP) is 3.21. The summed E-state index contributed by atoms with van der Waals surface area (Å²) in [6.45, 7) is 0. The zero-order chi connectivity index (χ0) is 15.2. The number of methoxy groups -OCH3 is 1. The van der Waals surface area contributed by atoms with Gasteiger partial charge >= 0.3 is 11.4 Å². The molecular formula is C13H13N3O4S. The summed E-state index contributed by atoms with van der Waals surface area (Å²) in [4.78, 5) is 0. The van der Waals surface area contributed by atoms with E-state index in [4.69, 9.17) is 15.0 Å². The fourth-order valence-corrected chi connectivity index (χ4v) is 1.84. The van der Waals surface area contributed by atoms with E-state index in [0.29, 0.717) is 22.8 Å². The normalized spacial score (nSPS) is 12.3. The molecule has 2 aromatic rings. The van der Waals surface area contributed by atoms with Crippen LogP contribution >= 0.6 is 0 Å². The Morgan fingerprint density at radius 1 is 1.19 bits per heavy atom. The van der Waals surface area contributed by atoms with Gasteiger partial charge in [-0.25, -0.2) is 0 Å². The molecule has 0 fully saturated rings. The first-order valence-electron chi connectivity index (χ1n) is 5.83. The number of azo groups is 1. The zero-order valence-electron chi connectivity index (χ0n) is 11.1. The van der Waals surface area contributed by atoms with Crippen molar-refractivity contribution in [1.82, 2.24) is 0 Å². The largest absolute Gasteiger partial charge is 0.494 e. The second kappa shape index (κ2) is 6.82. The summed E-state index contributed by atoms with van der Waals surface area (Å²) in [6, 6.07) is 11.4. The third-order valence-electron chi connectivity index (χ3n) is 2.46. The highest BCUT2D eigenvalue weighted by Crippen LogP contribution is 2.31. The van der Waals surface area contributed by atoms with Gasteiger partial charge in [-0.3, -0.25) is 4.55 Å². The summed E-state index contributed by atoms with van der Waals surface area (Å²) in [5.74, 6) is 0.721. The molecule has 7 nitrogen and oxygen atoms in total. The average Bonchev–Trinajstić information content (AvgIpc) is 2.45. The minimum atomic E-state index is -2.38. The number of nitrogens with two attached hydrogens (primary N) is 1. The maximum absolute atomic E-state index is 10.6. The van der Waals surface area contributed by atoms with Crippen LogP contribution in [0.1, 0.15) is 0 Å². The van der Waals surface area contributed by atoms with Crippen molar-refractivity contribution >= 4 is 28.4 Å². The van der Waals surface area contributed by atoms with Gasteiger partial charge in [-0.05, 0) is 24.3 Å². The molecule has 0 amide bonds. The van der Waals surface area contributed by atoms with Crippen LogP contribution in [-0.4, -0.2) is 15.9 Å². The number of hydrogen-bond donors (Lipinski definition) is 2. The van der Waals surface area contributed by atoms with E-state index in [1.54, 1.807) is 30.3 Å². The van der Waals surface area contributed by atoms with Gasteiger partial charge in [0.15, 0.2) is 0 Å². The van der Waals surface area contributed by atoms with Gasteiger partial charge in [0, 0.05) is 17.8 Å². The van der Waals surface area contributed by atoms with Gasteiger partial charge in [0.1, 0.15) is 17.2 Å². The Bertz CT molecular complexity index is 691. The highest BCUT2D eigenvalue weighted by molar-refractivity contribution is 7.74. The van der Waals surface area contributed by atoms with Gasteiger partial charge in [0.25, 0.3) is 0 Å². The maximum atomic E-state index is 10.6. The highest BCUT2D eigenvalue weighted by atomic mass is 32.2. The molecule has 1 unspecified atom stereocenters. The molecule has 2 rings (SSSR count). The minimum Gasteiger partial charge on any atom is -0.494 e. The molecule has 2 aromatic carbocycles. The third kappa shape index (κ3) is 4.26. The number of rotatable bonds is 5. The van der Waals surface area contributed by atoms with E-state index < -0.39 is 11.4 Å². The molecule has 0 bridgehead atoms. The van der Waals surface area contributed by atoms with E-state index >= 15 is 0 Å². The first kappa shape index (κ1) is 14.9. The molecule has 0 aromatic heterocycles. The molecule has 8 heteroatoms. The number of benzene rings is 2. The van der Waals surface area contributed by atoms with Crippen LogP contribution in [0.5, 0.6) is 11.5 Å². The average molecular weight is 307 g/mol. The molecule has 0 aliphatic rings. The van der Waals surface area contributed by atoms with Crippen LogP contribution in [0.25, 0.3) is 0 Å². The Labute approximate surface area is 123 Å². The van der Waals surface area contributed by atoms with Crippen molar-refractivity contribution in [3.05, 3.63) is 42.5 Å². The van der Waals surface area contributed by atoms with Gasteiger partial charge in [-0.1, -0.05) is 6.07 Å². The summed E-state index contributed by atoms with van der Waals surface area (Å²) in [6.07, 6.45) is 0. The SMILES string of the molecule is COc1cc(N)ccc1N=Nc1cccc(OS(=O)O)c1. The lowest BCUT2D eigenvalue weighted by Crippen LogP contribution is -1.96. The molecule has 0 saturated carbocycles. The Morgan fingerprint density at radius 2 is 2.00 bits per heavy atom. The predicted molar refractivity (Wildman–Crippen MR) is 79.4 cm³/mol. The molecule has 0 radical (unpaired) electrons. The number of hydrogen-bond acceptors (Lipinski definition) is 6. The summed E-state index contributed by atoms with van der Waals surface area (Å²) in [5.41, 5.74) is 7.20. The Balaban J connectivity index is 2.23. The zero-order valence-corrected chi connectivity index (χ0v) is 11.9. The molecule has 3 N–H and O–H groups in total. The standard InChI is InChI=1S/C13H13N3O4S/c1-19-13-7-9(14)5-6-12(13)16-15-10-3-2-4-11(8-10)20-21(17)18/h2-8H,14H2,1H3,(H,17,18). The number of ether oxygens (including phenoxy) is 1. The van der Waals surface area contributed by atoms with Gasteiger partial charge in [0.2, 0.25) is 0 Å². The van der Waals surface area contributed by atoms with Crippen LogP contribution in [0.3, 0.4) is 0 Å². The van der Waals surface area contributed by atoms with E-state index in [1.807, 2.05) is 0 Å². The summed E-state index contributed by atoms with van der Waals surface area (Å²) < 4.78 is 29.1. The number of nitrogen functional groups attached to an aromatic ring is 1. The van der Waals surface area contributed by atoms with Crippen LogP contribution in [0, 0.1) is 0 Å². The molecular weight excluding hydrogens is 294 g/mol. The third-order valence-corrected chi connectivity index (χ3v) is 2.80. The van der Waals surface area contributed by atoms with Crippen molar-refractivity contribution in [1.29, 1.82) is 0 Å². The Kier molecular flexibility index (Phi) is 4.85. The molecule has 0 saturated heterocycles. The fourth-order valence-electron chi connectivity index (χ4n) is 1.57. The summed E-state index contributed by atoms with van der Waals surface area (Å²) >= 11 is -2.38. The molecule has 0 aliphatic carbocycles. The second-order valence-corrected chi connectivity index (χ2v) is 4.53. The summed E-state index contributed by atoms with van der Waals surface area (Å²) in [5, 5.41) is 8.09. The van der Waals surface area contributed by atoms with Crippen molar-refractivity contribution < 1.29 is 17.7 Å². The highest BCUT2D eigenvalue weighted by Gasteiger charge is 2.03. The quantitative estimate of drug-likeness (QED) is 0.501. The lowest BCUT2D eigenvalue weighted by atomic mass is 10.2. The van der Waals surface area contributed by atoms with Crippen LogP contribution < -0.4 is 14.7 Å². The van der Waals surface area contributed by atoms with Gasteiger partial charge in [0.05, 0.1) is 12.8 Å². The van der Waals surface area contributed by atoms with Gasteiger partial charge < -0.3 is 14.7 Å². The summed E-state index contributed by atoms with van der Waals surface area (Å²) in [7, 11) is 1.51. The van der Waals surface area contributed by atoms with E-state index in [9.17, 15) is 4.21 Å². The van der Waals surface area contributed by atoms with E-state index in [-0.39, 0.29) is 5.75 Å². The molecule has 1 atom stereocenters. The van der Waals surface area contributed by atoms with Crippen LogP contribution in [0.2, 0.25) is 0 Å². The maximum Gasteiger partial charge on any atom is 0.357 e. The van der Waals surface area contributed by atoms with Crippen molar-refractivity contribution in [3.8, 4) is 11.5 Å². The molecule has 0 heterocycles. The van der Waals surface area contributed by atoms with Crippen LogP contribution in [0.15, 0.2) is 52.7 Å². The van der Waals surface area contributed by atoms with Crippen molar-refractivity contribution in [3.63, 3.8) is 0 Å². The molecule has 0 spiro atoms. The molecule has 110 valence electrons. The van der Waals surface area contributed by atoms with Crippen molar-refractivity contribution in [2.75, 3.05) is 12.8 Å². The van der Waals surface area contributed by atoms with E-state index in [2.05, 4.69) is 14.4 Å².